The van der Waals surface area contributed by atoms with Crippen LogP contribution in [0.1, 0.15) is 197 Å². The van der Waals surface area contributed by atoms with Crippen LogP contribution in [0.15, 0.2) is 119 Å². The van der Waals surface area contributed by atoms with E-state index in [2.05, 4.69) is 96.4 Å². The highest BCUT2D eigenvalue weighted by Crippen LogP contribution is 2.57. The third kappa shape index (κ3) is 27.6. The molecule has 12 rings (SSSR count). The van der Waals surface area contributed by atoms with Crippen LogP contribution < -0.4 is 45.2 Å². The average molecular weight is 2080 g/mol. The number of nitrogens with one attached hydrogen (secondary N) is 4. The second-order valence-electron chi connectivity index (χ2n) is 39.2. The van der Waals surface area contributed by atoms with Gasteiger partial charge in [0.2, 0.25) is 0 Å². The summed E-state index contributed by atoms with van der Waals surface area (Å²) in [5, 5.41) is 27.6. The third-order valence-electron chi connectivity index (χ3n) is 25.9. The summed E-state index contributed by atoms with van der Waals surface area (Å²) in [6, 6.07) is 17.2. The molecule has 50 heteroatoms. The Morgan fingerprint density at radius 1 is 0.599 bits per heavy atom. The van der Waals surface area contributed by atoms with Gasteiger partial charge in [0.25, 0.3) is 48.8 Å². The maximum atomic E-state index is 14.9. The van der Waals surface area contributed by atoms with E-state index < -0.39 is 236 Å². The summed E-state index contributed by atoms with van der Waals surface area (Å²) in [5.41, 5.74) is -6.65. The van der Waals surface area contributed by atoms with Crippen LogP contribution in [0.3, 0.4) is 0 Å². The molecule has 7 unspecified atom stereocenters. The summed E-state index contributed by atoms with van der Waals surface area (Å²) < 4.78 is 114. The van der Waals surface area contributed by atoms with Crippen molar-refractivity contribution in [3.05, 3.63) is 170 Å². The number of nitriles is 1. The number of ketones is 2. The number of aliphatic hydroxyl groups is 1. The number of aromatic nitrogens is 6. The molecule has 2 aromatic carbocycles. The number of ether oxygens (including phenoxy) is 8. The van der Waals surface area contributed by atoms with E-state index in [1.165, 1.54) is 87.4 Å². The van der Waals surface area contributed by atoms with Crippen molar-refractivity contribution in [3.63, 3.8) is 0 Å². The number of hydrogen-bond acceptors (Lipinski definition) is 37. The fraction of sp³-hybridized carbons (Fsp3) is 0.630. The highest BCUT2D eigenvalue weighted by atomic mass is 31.2. The lowest BCUT2D eigenvalue weighted by molar-refractivity contribution is -0.306. The van der Waals surface area contributed by atoms with Gasteiger partial charge in [0.05, 0.1) is 66.9 Å². The number of amides is 4. The molecule has 0 saturated carbocycles. The van der Waals surface area contributed by atoms with Crippen molar-refractivity contribution in [2.24, 2.45) is 22.7 Å². The number of hydrogen-bond donors (Lipinski definition) is 7. The summed E-state index contributed by atoms with van der Waals surface area (Å²) in [4.78, 5) is 191. The molecule has 9 heterocycles. The smallest absolute Gasteiger partial charge is 0.412 e. The Kier molecular flexibility index (Phi) is 43.5. The fourth-order valence-corrected chi connectivity index (χ4v) is 22.1. The maximum absolute atomic E-state index is 14.9. The normalized spacial score (nSPS) is 26.5. The molecule has 0 bridgehead atoms. The highest BCUT2D eigenvalue weighted by Gasteiger charge is 2.66. The molecule has 142 heavy (non-hydrogen) atoms. The Morgan fingerprint density at radius 3 is 1.37 bits per heavy atom. The lowest BCUT2D eigenvalue weighted by Gasteiger charge is -2.44. The molecule has 6 aliphatic heterocycles. The van der Waals surface area contributed by atoms with Crippen molar-refractivity contribution in [2.45, 2.75) is 293 Å². The van der Waals surface area contributed by atoms with E-state index in [1.54, 1.807) is 77.3 Å². The second kappa shape index (κ2) is 50.8. The van der Waals surface area contributed by atoms with Crippen molar-refractivity contribution < 1.29 is 133 Å². The summed E-state index contributed by atoms with van der Waals surface area (Å²) in [6.07, 6.45) is -7.34. The fourth-order valence-electron chi connectivity index (χ4n) is 16.7. The van der Waals surface area contributed by atoms with Crippen molar-refractivity contribution in [1.29, 1.82) is 5.26 Å². The van der Waals surface area contributed by atoms with Gasteiger partial charge in [-0.25, -0.2) is 28.5 Å². The first-order chi connectivity index (χ1) is 65.5. The predicted octanol–water partition coefficient (Wildman–Crippen LogP) is 7.64. The lowest BCUT2D eigenvalue weighted by atomic mass is 9.86. The van der Waals surface area contributed by atoms with Crippen molar-refractivity contribution in [1.82, 2.24) is 49.7 Å². The Labute approximate surface area is 825 Å². The molecule has 4 amide bonds. The van der Waals surface area contributed by atoms with Crippen LogP contribution in [0.4, 0.5) is 0 Å². The van der Waals surface area contributed by atoms with Crippen LogP contribution in [-0.2, 0) is 98.0 Å². The van der Waals surface area contributed by atoms with Gasteiger partial charge in [-0.1, -0.05) is 91.8 Å². The van der Waals surface area contributed by atoms with E-state index in [4.69, 9.17) is 79.9 Å². The van der Waals surface area contributed by atoms with Gasteiger partial charge in [-0.05, 0) is 122 Å². The Morgan fingerprint density at radius 2 is 1.00 bits per heavy atom. The number of aromatic amines is 3. The van der Waals surface area contributed by atoms with Gasteiger partial charge < -0.3 is 82.1 Å². The molecule has 4 fully saturated rings. The molecule has 790 valence electrons. The molecule has 0 spiro atoms. The topological polar surface area (TPSA) is 628 Å². The number of nitrogens with zero attached hydrogens (tertiary/aromatic N) is 7. The second-order valence-corrected chi connectivity index (χ2v) is 52.0. The van der Waals surface area contributed by atoms with Crippen LogP contribution >= 0.6 is 16.3 Å². The number of aliphatic hydroxyl groups excluding tert-OH is 1. The van der Waals surface area contributed by atoms with Gasteiger partial charge in [-0.3, -0.25) is 106 Å². The first-order valence-electron chi connectivity index (χ1n) is 45.5. The zero-order chi connectivity index (χ0) is 105. The zero-order valence-electron chi connectivity index (χ0n) is 85.1. The molecule has 46 nitrogen and oxygen atoms in total. The quantitative estimate of drug-likeness (QED) is 0.00385. The molecule has 11 N–H and O–H groups in total. The van der Waals surface area contributed by atoms with Crippen molar-refractivity contribution >= 4 is 87.0 Å². The number of phosphoric ester groups is 1. The predicted molar refractivity (Wildman–Crippen MR) is 521 cm³/mol. The van der Waals surface area contributed by atoms with Gasteiger partial charge in [0.1, 0.15) is 78.7 Å². The lowest BCUT2D eigenvalue weighted by Crippen LogP contribution is -2.60. The molecule has 21 atom stereocenters. The molecular weight excluding hydrogens is 1940 g/mol. The number of benzene rings is 2. The van der Waals surface area contributed by atoms with Crippen LogP contribution in [0, 0.1) is 29.1 Å². The number of fused-ring (bicyclic) bond motifs is 2. The molecule has 4 saturated heterocycles. The number of rotatable bonds is 36. The van der Waals surface area contributed by atoms with E-state index in [1.807, 2.05) is 40.8 Å². The van der Waals surface area contributed by atoms with E-state index in [-0.39, 0.29) is 83.0 Å². The molecule has 3 aromatic heterocycles. The van der Waals surface area contributed by atoms with Gasteiger partial charge in [0.15, 0.2) is 52.9 Å². The third-order valence-corrected chi connectivity index (χ3v) is 38.3. The number of H-pyrrole nitrogens is 3. The Hall–Kier alpha value is -9.15. The first kappa shape index (κ1) is 122. The molecule has 5 aromatic rings. The first-order valence-corrected chi connectivity index (χ1v) is 53.9. The molecule has 7 aliphatic rings. The number of imide groups is 2. The van der Waals surface area contributed by atoms with Crippen LogP contribution in [0.25, 0.3) is 0 Å². The van der Waals surface area contributed by atoms with E-state index >= 15 is 0 Å². The van der Waals surface area contributed by atoms with Crippen molar-refractivity contribution in [3.8, 4) is 6.07 Å². The van der Waals surface area contributed by atoms with Gasteiger partial charge in [-0.15, -0.1) is 0 Å². The molecule has 1 aliphatic carbocycles. The minimum atomic E-state index is -4.87. The number of aldehydes is 2. The number of aliphatic imine (C=N–C) groups is 1. The van der Waals surface area contributed by atoms with Gasteiger partial charge in [0, 0.05) is 122 Å². The number of methoxy groups -OCH3 is 4. The highest BCUT2D eigenvalue weighted by molar-refractivity contribution is 7.48. The van der Waals surface area contributed by atoms with Crippen LogP contribution in [0.2, 0.25) is 36.3 Å². The Balaban J connectivity index is 0.000000330. The minimum Gasteiger partial charge on any atom is -0.412 e. The standard InChI is InChI=1S/C39H52N5O16PSi.C27H36N2O8Si.C20H34N3O7P.C4H10O2.C2H3N.H3N.H2O/c1-21(15-17-45)27-29(31(54-6)36(57-27)43-16-14-24(46)42-37(43)51)59-61(52,55-7)56-20-39(19-44-34(49)22-12-10-11-13-23(22)35(44)50)32(60-62(8,9)38(2,3)4)30(53-5)28(58-39)26-33(48)41-25(47)18-40-26;1-26(2,3)38(5,6)37-23-22(35-4)24(29-14-12-19(31)28-25(29)34)36-27(23,15-30)13-11-18-20(32)16-9-7-8-10-17(16)21(18)33;1-12(2)23(13(3)4)31(28-7)30-17-16(14(5)9-11-24)29-19(18(17)27-6)22-10-8-15(25)21-20(22)26;1-4(2,3)6-5;1-2-3;;/h10-14,16-18,21,26-32,36H,15,19-20H2,1-9H3,(H,41,47,48)(H,42,46,51);7-10,12,14,18,22-24,30H,11,13,15H2,1-6H3,(H,28,31,34);8,10-14,16-19H,9H2,1-7H3,(H,21,25,26);5H,1-3H3;1H3;1H3;1H2/t21-,26?,27+,28-,29?,30+,31-,32?,36+,39+,61?;22-,23?,24+,27+;14-,16+,17?,18-,19+,31?;;;;/m000..../s1. The monoisotopic (exact) mass is 2070 g/mol. The summed E-state index contributed by atoms with van der Waals surface area (Å²) in [5.74, 6) is -5.16. The SMILES string of the molecule is CC#N.CC(C)(C)OO.CO[C@H]1C(OP(=O)(OC)OC[C@@]2(CN3C(=O)c4ccccc4C3=O)O[C@@H](C3N=CC(=O)NC3=O)[C@@H](OC)C2O[Si](C)(C)C(C)(C)C)[C@@H]([C@@H](C)CC=O)O[C@H]1n1ccc(=O)[nH]c1=O.CO[C@H]1C(OP(OC)N(C(C)C)C(C)C)[C@@H]([C@@H](C)CC=O)O[C@H]1n1ccc(=O)[nH]c1=O.CO[C@H]1C(O[Si](C)(C)C(C)(C)C)[C@](CO)(CCC2C(=O)c3ccccc3C2=O)O[C@H]1n1ccc(=O)[nH]c1=O.N.O. The summed E-state index contributed by atoms with van der Waals surface area (Å²) >= 11 is 0. The van der Waals surface area contributed by atoms with E-state index in [0.29, 0.717) is 17.4 Å². The zero-order valence-corrected chi connectivity index (χ0v) is 88.9. The van der Waals surface area contributed by atoms with Crippen LogP contribution in [0.5, 0.6) is 0 Å². The molecular formula is C92H140N12O34P2Si2. The van der Waals surface area contributed by atoms with Gasteiger partial charge >= 0.3 is 24.9 Å². The Bertz CT molecular complexity index is 5610. The minimum absolute atomic E-state index is 0. The van der Waals surface area contributed by atoms with E-state index in [9.17, 15) is 76.8 Å². The number of phosphoric acid groups is 1. The number of carbonyl (C=O) groups is 8. The number of Topliss-reactive ketones (excluding diaryl/α,β-unsaturated/α-hetero) is 2. The summed E-state index contributed by atoms with van der Waals surface area (Å²) in [7, 11) is -3.49. The van der Waals surface area contributed by atoms with Gasteiger partial charge in [-0.2, -0.15) is 5.26 Å². The average Bonchev–Trinajstić information content (AvgIpc) is 1.58. The summed E-state index contributed by atoms with van der Waals surface area (Å²) in [6.45, 7) is 36.8. The van der Waals surface area contributed by atoms with Crippen LogP contribution in [-0.4, -0.2) is 289 Å². The van der Waals surface area contributed by atoms with Crippen molar-refractivity contribution in [2.75, 3.05) is 62.4 Å². The largest absolute Gasteiger partial charge is 0.475 e. The van der Waals surface area contributed by atoms with E-state index in [0.717, 1.165) is 35.1 Å². The maximum Gasteiger partial charge on any atom is 0.475 e. The number of carbonyl (C=O) groups excluding carboxylic acids is 8. The molecule has 0 radical (unpaired) electrons.